The molecule has 3 heteroatoms. The van der Waals surface area contributed by atoms with E-state index in [1.807, 2.05) is 0 Å². The Labute approximate surface area is 105 Å². The maximum atomic E-state index is 2.85. The normalized spacial score (nSPS) is 51.5. The molecule has 96 valence electrons. The second-order valence-corrected chi connectivity index (χ2v) is 7.25. The number of nitrogens with zero attached hydrogens (tertiary/aromatic N) is 3. The molecule has 0 N–H and O–H groups in total. The Kier molecular flexibility index (Phi) is 2.19. The second kappa shape index (κ2) is 3.46. The van der Waals surface area contributed by atoms with Crippen LogP contribution in [0.2, 0.25) is 0 Å². The Hall–Kier alpha value is -0.120. The molecule has 0 aromatic heterocycles. The van der Waals surface area contributed by atoms with Crippen molar-refractivity contribution in [3.63, 3.8) is 0 Å². The van der Waals surface area contributed by atoms with E-state index in [4.69, 9.17) is 0 Å². The van der Waals surface area contributed by atoms with Gasteiger partial charge in [-0.05, 0) is 57.3 Å². The minimum absolute atomic E-state index is 0.678. The van der Waals surface area contributed by atoms with Crippen molar-refractivity contribution in [1.29, 1.82) is 0 Å². The summed E-state index contributed by atoms with van der Waals surface area (Å²) in [5.41, 5.74) is 0.678. The van der Waals surface area contributed by atoms with Crippen molar-refractivity contribution in [3.05, 3.63) is 0 Å². The van der Waals surface area contributed by atoms with Gasteiger partial charge in [-0.3, -0.25) is 4.90 Å². The van der Waals surface area contributed by atoms with Crippen LogP contribution in [0.1, 0.15) is 12.8 Å². The van der Waals surface area contributed by atoms with Gasteiger partial charge in [0.2, 0.25) is 0 Å². The van der Waals surface area contributed by atoms with Crippen LogP contribution < -0.4 is 0 Å². The third-order valence-corrected chi connectivity index (χ3v) is 5.85. The highest BCUT2D eigenvalue weighted by molar-refractivity contribution is 5.13. The van der Waals surface area contributed by atoms with Gasteiger partial charge in [0.1, 0.15) is 0 Å². The first-order chi connectivity index (χ1) is 8.17. The van der Waals surface area contributed by atoms with Gasteiger partial charge in [-0.1, -0.05) is 0 Å². The molecule has 0 aromatic rings. The molecule has 0 bridgehead atoms. The lowest BCUT2D eigenvalue weighted by molar-refractivity contribution is 0.214. The third-order valence-electron chi connectivity index (χ3n) is 5.85. The average molecular weight is 235 g/mol. The SMILES string of the molecule is CN1CC2C(C1)C2N1CCC2(CCN(C)C2)C1. The predicted octanol–water partition coefficient (Wildman–Crippen LogP) is 0.574. The van der Waals surface area contributed by atoms with E-state index in [1.54, 1.807) is 0 Å². The van der Waals surface area contributed by atoms with Crippen LogP contribution in [0.4, 0.5) is 0 Å². The van der Waals surface area contributed by atoms with Gasteiger partial charge < -0.3 is 9.80 Å². The van der Waals surface area contributed by atoms with Crippen molar-refractivity contribution in [1.82, 2.24) is 14.7 Å². The molecule has 3 aliphatic heterocycles. The van der Waals surface area contributed by atoms with E-state index in [-0.39, 0.29) is 0 Å². The van der Waals surface area contributed by atoms with Gasteiger partial charge in [0.15, 0.2) is 0 Å². The fourth-order valence-electron chi connectivity index (χ4n) is 4.96. The van der Waals surface area contributed by atoms with Gasteiger partial charge in [0.05, 0.1) is 0 Å². The van der Waals surface area contributed by atoms with Crippen molar-refractivity contribution >= 4 is 0 Å². The fraction of sp³-hybridized carbons (Fsp3) is 1.00. The highest BCUT2D eigenvalue weighted by Crippen LogP contribution is 2.52. The summed E-state index contributed by atoms with van der Waals surface area (Å²) in [6.07, 6.45) is 2.91. The van der Waals surface area contributed by atoms with Gasteiger partial charge in [-0.25, -0.2) is 0 Å². The zero-order chi connectivity index (χ0) is 11.6. The zero-order valence-corrected chi connectivity index (χ0v) is 11.2. The molecule has 0 amide bonds. The lowest BCUT2D eigenvalue weighted by atomic mass is 9.86. The lowest BCUT2D eigenvalue weighted by Gasteiger charge is -2.25. The Morgan fingerprint density at radius 2 is 1.59 bits per heavy atom. The number of rotatable bonds is 1. The summed E-state index contributed by atoms with van der Waals surface area (Å²) < 4.78 is 0. The van der Waals surface area contributed by atoms with Crippen molar-refractivity contribution in [2.24, 2.45) is 17.3 Å². The number of piperidine rings is 1. The van der Waals surface area contributed by atoms with Crippen LogP contribution in [-0.4, -0.2) is 74.1 Å². The molecule has 3 heterocycles. The molecule has 1 aliphatic carbocycles. The van der Waals surface area contributed by atoms with E-state index in [2.05, 4.69) is 28.8 Å². The van der Waals surface area contributed by atoms with Crippen molar-refractivity contribution in [2.45, 2.75) is 18.9 Å². The molecule has 17 heavy (non-hydrogen) atoms. The maximum Gasteiger partial charge on any atom is 0.0184 e. The van der Waals surface area contributed by atoms with Crippen molar-refractivity contribution in [3.8, 4) is 0 Å². The third kappa shape index (κ3) is 1.59. The Morgan fingerprint density at radius 1 is 0.882 bits per heavy atom. The van der Waals surface area contributed by atoms with Crippen LogP contribution >= 0.6 is 0 Å². The minimum Gasteiger partial charge on any atom is -0.306 e. The van der Waals surface area contributed by atoms with Crippen LogP contribution in [0.5, 0.6) is 0 Å². The molecular formula is C14H25N3. The van der Waals surface area contributed by atoms with Gasteiger partial charge in [-0.2, -0.15) is 0 Å². The first kappa shape index (κ1) is 10.8. The Morgan fingerprint density at radius 3 is 2.24 bits per heavy atom. The summed E-state index contributed by atoms with van der Waals surface area (Å²) in [6.45, 7) is 8.19. The van der Waals surface area contributed by atoms with Gasteiger partial charge in [0.25, 0.3) is 0 Å². The molecule has 4 fully saturated rings. The predicted molar refractivity (Wildman–Crippen MR) is 69.0 cm³/mol. The quantitative estimate of drug-likeness (QED) is 0.658. The van der Waals surface area contributed by atoms with E-state index in [0.29, 0.717) is 5.41 Å². The second-order valence-electron chi connectivity index (χ2n) is 7.25. The van der Waals surface area contributed by atoms with E-state index < -0.39 is 0 Å². The van der Waals surface area contributed by atoms with Crippen LogP contribution in [0, 0.1) is 17.3 Å². The van der Waals surface area contributed by atoms with Crippen LogP contribution in [0.3, 0.4) is 0 Å². The topological polar surface area (TPSA) is 9.72 Å². The summed E-state index contributed by atoms with van der Waals surface area (Å²) >= 11 is 0. The molecule has 3 nitrogen and oxygen atoms in total. The monoisotopic (exact) mass is 235 g/mol. The summed E-state index contributed by atoms with van der Waals surface area (Å²) in [6, 6.07) is 0.969. The lowest BCUT2D eigenvalue weighted by Crippen LogP contribution is -2.35. The average Bonchev–Trinajstić information content (AvgIpc) is 2.72. The highest BCUT2D eigenvalue weighted by atomic mass is 15.3. The molecular weight excluding hydrogens is 210 g/mol. The molecule has 3 saturated heterocycles. The summed E-state index contributed by atoms with van der Waals surface area (Å²) in [7, 11) is 4.57. The molecule has 0 radical (unpaired) electrons. The first-order valence-electron chi connectivity index (χ1n) is 7.28. The largest absolute Gasteiger partial charge is 0.306 e. The van der Waals surface area contributed by atoms with Crippen LogP contribution in [-0.2, 0) is 0 Å². The van der Waals surface area contributed by atoms with Crippen molar-refractivity contribution < 1.29 is 0 Å². The number of likely N-dealkylation sites (tertiary alicyclic amines) is 3. The van der Waals surface area contributed by atoms with Crippen LogP contribution in [0.15, 0.2) is 0 Å². The standard InChI is InChI=1S/C14H25N3/c1-15-5-3-14(9-15)4-6-17(10-14)13-11-7-16(2)8-12(11)13/h11-13H,3-10H2,1-2H3. The summed E-state index contributed by atoms with van der Waals surface area (Å²) in [5.74, 6) is 2.04. The summed E-state index contributed by atoms with van der Waals surface area (Å²) in [5, 5.41) is 0. The number of fused-ring (bicyclic) bond motifs is 1. The van der Waals surface area contributed by atoms with Gasteiger partial charge in [0, 0.05) is 32.2 Å². The zero-order valence-electron chi connectivity index (χ0n) is 11.2. The smallest absolute Gasteiger partial charge is 0.0184 e. The van der Waals surface area contributed by atoms with Gasteiger partial charge >= 0.3 is 0 Å². The molecule has 1 saturated carbocycles. The molecule has 3 atom stereocenters. The van der Waals surface area contributed by atoms with E-state index in [9.17, 15) is 0 Å². The highest BCUT2D eigenvalue weighted by Gasteiger charge is 2.59. The fourth-order valence-corrected chi connectivity index (χ4v) is 4.96. The molecule has 1 spiro atoms. The number of hydrogen-bond donors (Lipinski definition) is 0. The molecule has 3 unspecified atom stereocenters. The van der Waals surface area contributed by atoms with E-state index in [0.717, 1.165) is 17.9 Å². The molecule has 4 aliphatic rings. The number of hydrogen-bond acceptors (Lipinski definition) is 3. The molecule has 4 rings (SSSR count). The minimum atomic E-state index is 0.678. The van der Waals surface area contributed by atoms with Crippen LogP contribution in [0.25, 0.3) is 0 Å². The Balaban J connectivity index is 1.40. The Bertz CT molecular complexity index is 319. The first-order valence-corrected chi connectivity index (χ1v) is 7.28. The van der Waals surface area contributed by atoms with Crippen molar-refractivity contribution in [2.75, 3.05) is 53.4 Å². The van der Waals surface area contributed by atoms with E-state index in [1.165, 1.54) is 52.1 Å². The molecule has 0 aromatic carbocycles. The van der Waals surface area contributed by atoms with E-state index >= 15 is 0 Å². The maximum absolute atomic E-state index is 2.85. The van der Waals surface area contributed by atoms with Gasteiger partial charge in [-0.15, -0.1) is 0 Å². The summed E-state index contributed by atoms with van der Waals surface area (Å²) in [4.78, 5) is 7.90.